The molecule has 38 heavy (non-hydrogen) atoms. The van der Waals surface area contributed by atoms with Gasteiger partial charge >= 0.3 is 0 Å². The van der Waals surface area contributed by atoms with Crippen LogP contribution in [0.15, 0.2) is 48.5 Å². The number of nitrogens with zero attached hydrogens (tertiary/aromatic N) is 2. The molecule has 0 atom stereocenters. The Kier molecular flexibility index (Phi) is 6.15. The number of nitrogens with one attached hydrogen (secondary N) is 2. The van der Waals surface area contributed by atoms with Gasteiger partial charge in [-0.1, -0.05) is 35.9 Å². The number of carbonyl (C=O) groups excluding carboxylic acids is 2. The van der Waals surface area contributed by atoms with Crippen LogP contribution in [0, 0.1) is 20.8 Å². The highest BCUT2D eigenvalue weighted by Crippen LogP contribution is 2.40. The van der Waals surface area contributed by atoms with Gasteiger partial charge in [0.05, 0.1) is 11.3 Å². The number of hydrogen-bond acceptors (Lipinski definition) is 3. The first-order chi connectivity index (χ1) is 18.3. The summed E-state index contributed by atoms with van der Waals surface area (Å²) in [7, 11) is 0. The quantitative estimate of drug-likeness (QED) is 0.362. The number of benzene rings is 3. The van der Waals surface area contributed by atoms with E-state index in [2.05, 4.69) is 59.4 Å². The van der Waals surface area contributed by atoms with Crippen LogP contribution in [0.5, 0.6) is 0 Å². The minimum atomic E-state index is -0.107. The highest BCUT2D eigenvalue weighted by atomic mass is 35.5. The summed E-state index contributed by atoms with van der Waals surface area (Å²) in [5.41, 5.74) is 9.56. The standard InChI is InChI=1S/C31H31ClN4O2/c1-18-15-19(2)27(31(38)36-13-11-35(12-14-36)22-7-5-4-6-8-22)20(3)26(18)29-23-9-10-33-30(37)24-16-21(32)17-25(34-29)28(23)24/h4-8,15-17,34H,9-14H2,1-3H3,(H,33,37). The molecule has 0 spiro atoms. The Hall–Kier alpha value is -3.77. The molecule has 1 aromatic heterocycles. The second-order valence-electron chi connectivity index (χ2n) is 10.4. The normalized spacial score (nSPS) is 15.5. The number of hydrogen-bond donors (Lipinski definition) is 2. The van der Waals surface area contributed by atoms with E-state index in [0.717, 1.165) is 63.1 Å². The summed E-state index contributed by atoms with van der Waals surface area (Å²) >= 11 is 6.38. The van der Waals surface area contributed by atoms with Crippen LogP contribution >= 0.6 is 11.6 Å². The topological polar surface area (TPSA) is 68.4 Å². The van der Waals surface area contributed by atoms with E-state index in [1.807, 2.05) is 24.0 Å². The van der Waals surface area contributed by atoms with E-state index in [4.69, 9.17) is 11.6 Å². The second kappa shape index (κ2) is 9.52. The molecule has 2 amide bonds. The van der Waals surface area contributed by atoms with Crippen LogP contribution in [-0.2, 0) is 6.42 Å². The molecule has 1 saturated heterocycles. The highest BCUT2D eigenvalue weighted by Gasteiger charge is 2.29. The highest BCUT2D eigenvalue weighted by molar-refractivity contribution is 6.32. The van der Waals surface area contributed by atoms with Crippen LogP contribution in [0.1, 0.15) is 43.0 Å². The summed E-state index contributed by atoms with van der Waals surface area (Å²) in [5.74, 6) is -0.0267. The van der Waals surface area contributed by atoms with Gasteiger partial charge in [-0.15, -0.1) is 0 Å². The van der Waals surface area contributed by atoms with Gasteiger partial charge in [0.25, 0.3) is 11.8 Å². The van der Waals surface area contributed by atoms with Crippen molar-refractivity contribution in [3.05, 3.63) is 86.9 Å². The van der Waals surface area contributed by atoms with Crippen LogP contribution in [0.3, 0.4) is 0 Å². The molecule has 0 bridgehead atoms. The van der Waals surface area contributed by atoms with Gasteiger partial charge in [0.1, 0.15) is 0 Å². The average Bonchev–Trinajstić information content (AvgIpc) is 3.16. The third-order valence-corrected chi connectivity index (χ3v) is 8.21. The van der Waals surface area contributed by atoms with Crippen molar-refractivity contribution in [2.24, 2.45) is 0 Å². The van der Waals surface area contributed by atoms with Crippen LogP contribution in [-0.4, -0.2) is 54.4 Å². The molecule has 2 aliphatic heterocycles. The number of aryl methyl sites for hydroxylation is 2. The van der Waals surface area contributed by atoms with Crippen molar-refractivity contribution < 1.29 is 9.59 Å². The average molecular weight is 527 g/mol. The van der Waals surface area contributed by atoms with E-state index in [1.165, 1.54) is 5.69 Å². The molecule has 194 valence electrons. The fourth-order valence-corrected chi connectivity index (χ4v) is 6.49. The lowest BCUT2D eigenvalue weighted by molar-refractivity contribution is 0.0745. The summed E-state index contributed by atoms with van der Waals surface area (Å²) < 4.78 is 0. The van der Waals surface area contributed by atoms with E-state index in [0.29, 0.717) is 36.6 Å². The van der Waals surface area contributed by atoms with Crippen LogP contribution in [0.4, 0.5) is 5.69 Å². The minimum absolute atomic E-state index is 0.0801. The predicted molar refractivity (Wildman–Crippen MR) is 154 cm³/mol. The lowest BCUT2D eigenvalue weighted by atomic mass is 9.88. The summed E-state index contributed by atoms with van der Waals surface area (Å²) in [5, 5.41) is 4.43. The maximum atomic E-state index is 13.9. The summed E-state index contributed by atoms with van der Waals surface area (Å²) in [6.07, 6.45) is 0.702. The lowest BCUT2D eigenvalue weighted by Crippen LogP contribution is -2.49. The number of amides is 2. The number of aromatic nitrogens is 1. The van der Waals surface area contributed by atoms with Gasteiger partial charge in [0, 0.05) is 65.5 Å². The Labute approximate surface area is 227 Å². The largest absolute Gasteiger partial charge is 0.368 e. The third-order valence-electron chi connectivity index (χ3n) is 8.00. The molecule has 1 fully saturated rings. The molecule has 0 unspecified atom stereocenters. The van der Waals surface area contributed by atoms with Gasteiger partial charge in [0.2, 0.25) is 0 Å². The number of para-hydroxylation sites is 1. The van der Waals surface area contributed by atoms with Gasteiger partial charge < -0.3 is 20.1 Å². The Morgan fingerprint density at radius 3 is 2.42 bits per heavy atom. The summed E-state index contributed by atoms with van der Waals surface area (Å²) in [6.45, 7) is 9.70. The number of rotatable bonds is 3. The van der Waals surface area contributed by atoms with Crippen LogP contribution < -0.4 is 10.2 Å². The Morgan fingerprint density at radius 1 is 0.947 bits per heavy atom. The fourth-order valence-electron chi connectivity index (χ4n) is 6.27. The number of piperazine rings is 1. The first-order valence-electron chi connectivity index (χ1n) is 13.2. The van der Waals surface area contributed by atoms with E-state index in [1.54, 1.807) is 6.07 Å². The second-order valence-corrected chi connectivity index (χ2v) is 10.8. The Balaban J connectivity index is 1.39. The maximum absolute atomic E-state index is 13.9. The summed E-state index contributed by atoms with van der Waals surface area (Å²) in [4.78, 5) is 34.6. The van der Waals surface area contributed by atoms with Crippen molar-refractivity contribution in [1.82, 2.24) is 15.2 Å². The van der Waals surface area contributed by atoms with Gasteiger partial charge in [-0.3, -0.25) is 9.59 Å². The van der Waals surface area contributed by atoms with E-state index >= 15 is 0 Å². The predicted octanol–water partition coefficient (Wildman–Crippen LogP) is 5.66. The zero-order valence-corrected chi connectivity index (χ0v) is 22.7. The molecule has 0 saturated carbocycles. The molecular weight excluding hydrogens is 496 g/mol. The van der Waals surface area contributed by atoms with Crippen molar-refractivity contribution >= 4 is 40.0 Å². The zero-order valence-electron chi connectivity index (χ0n) is 22.0. The molecule has 2 aliphatic rings. The zero-order chi connectivity index (χ0) is 26.6. The fraction of sp³-hybridized carbons (Fsp3) is 0.290. The maximum Gasteiger partial charge on any atom is 0.254 e. The smallest absolute Gasteiger partial charge is 0.254 e. The number of aromatic amines is 1. The minimum Gasteiger partial charge on any atom is -0.368 e. The first kappa shape index (κ1) is 24.6. The molecule has 6 nitrogen and oxygen atoms in total. The van der Waals surface area contributed by atoms with Gasteiger partial charge in [-0.25, -0.2) is 0 Å². The van der Waals surface area contributed by atoms with Gasteiger partial charge in [-0.05, 0) is 73.7 Å². The first-order valence-corrected chi connectivity index (χ1v) is 13.5. The monoisotopic (exact) mass is 526 g/mol. The van der Waals surface area contributed by atoms with E-state index in [9.17, 15) is 9.59 Å². The Bertz CT molecular complexity index is 1580. The van der Waals surface area contributed by atoms with Crippen molar-refractivity contribution in [3.8, 4) is 11.3 Å². The molecule has 2 N–H and O–H groups in total. The molecule has 7 heteroatoms. The van der Waals surface area contributed by atoms with Crippen LogP contribution in [0.25, 0.3) is 22.2 Å². The summed E-state index contributed by atoms with van der Waals surface area (Å²) in [6, 6.07) is 16.1. The number of H-pyrrole nitrogens is 1. The number of halogens is 1. The number of anilines is 1. The van der Waals surface area contributed by atoms with Gasteiger partial charge in [-0.2, -0.15) is 0 Å². The molecule has 0 aliphatic carbocycles. The number of carbonyl (C=O) groups is 2. The van der Waals surface area contributed by atoms with E-state index < -0.39 is 0 Å². The molecule has 0 radical (unpaired) electrons. The molecule has 4 aromatic rings. The molecule has 6 rings (SSSR count). The lowest BCUT2D eigenvalue weighted by Gasteiger charge is -2.36. The molecule has 3 heterocycles. The van der Waals surface area contributed by atoms with Crippen molar-refractivity contribution in [2.45, 2.75) is 27.2 Å². The molecule has 3 aromatic carbocycles. The van der Waals surface area contributed by atoms with Crippen molar-refractivity contribution in [3.63, 3.8) is 0 Å². The SMILES string of the molecule is Cc1cc(C)c(-c2[nH]c3cc(Cl)cc4c3c2CCNC4=O)c(C)c1C(=O)N1CCN(c2ccccc2)CC1. The molecular formula is C31H31ClN4O2. The third kappa shape index (κ3) is 4.04. The van der Waals surface area contributed by atoms with E-state index in [-0.39, 0.29) is 11.8 Å². The van der Waals surface area contributed by atoms with Crippen molar-refractivity contribution in [1.29, 1.82) is 0 Å². The van der Waals surface area contributed by atoms with Crippen molar-refractivity contribution in [2.75, 3.05) is 37.6 Å². The Morgan fingerprint density at radius 2 is 1.68 bits per heavy atom. The van der Waals surface area contributed by atoms with Gasteiger partial charge in [0.15, 0.2) is 0 Å². The van der Waals surface area contributed by atoms with Crippen LogP contribution in [0.2, 0.25) is 5.02 Å².